The highest BCUT2D eigenvalue weighted by molar-refractivity contribution is 7.89. The number of pyridine rings is 2. The van der Waals surface area contributed by atoms with E-state index in [2.05, 4.69) is 20.2 Å². The predicted molar refractivity (Wildman–Crippen MR) is 142 cm³/mol. The van der Waals surface area contributed by atoms with Gasteiger partial charge in [-0.1, -0.05) is 0 Å². The molecule has 0 saturated carbocycles. The van der Waals surface area contributed by atoms with E-state index in [-0.39, 0.29) is 39.7 Å². The van der Waals surface area contributed by atoms with E-state index in [1.165, 1.54) is 52.8 Å². The Balaban J connectivity index is 1.52. The minimum Gasteiger partial charge on any atom is -0.478 e. The van der Waals surface area contributed by atoms with Gasteiger partial charge in [0.25, 0.3) is 5.91 Å². The molecule has 1 fully saturated rings. The Bertz CT molecular complexity index is 1440. The first-order valence-corrected chi connectivity index (χ1v) is 13.6. The Kier molecular flexibility index (Phi) is 8.43. The molecule has 3 heterocycles. The molecule has 12 nitrogen and oxygen atoms in total. The number of aromatic carboxylic acids is 1. The van der Waals surface area contributed by atoms with Crippen LogP contribution in [-0.2, 0) is 10.0 Å². The van der Waals surface area contributed by atoms with Gasteiger partial charge in [-0.25, -0.2) is 18.2 Å². The van der Waals surface area contributed by atoms with Crippen LogP contribution in [0.4, 0.5) is 5.82 Å². The van der Waals surface area contributed by atoms with Crippen LogP contribution in [0, 0.1) is 0 Å². The number of aromatic nitrogens is 2. The number of likely N-dealkylation sites (N-methyl/N-ethyl adjacent to an activating group) is 1. The van der Waals surface area contributed by atoms with E-state index in [0.29, 0.717) is 31.9 Å². The number of nitrogens with zero attached hydrogens (tertiary/aromatic N) is 4. The van der Waals surface area contributed by atoms with Gasteiger partial charge in [0.1, 0.15) is 11.6 Å². The van der Waals surface area contributed by atoms with Gasteiger partial charge in [-0.2, -0.15) is 9.29 Å². The van der Waals surface area contributed by atoms with Crippen LogP contribution in [0.2, 0.25) is 0 Å². The summed E-state index contributed by atoms with van der Waals surface area (Å²) in [5.74, 6) is -0.985. The SMILES string of the molecule is CC(C)Oc1cc(C(=O)Nc2ccc(C(=O)O)cn2)cc(Oc2ccc(S(=O)(=O)N3CCN(C)CC3)cc2)n1. The zero-order chi connectivity index (χ0) is 28.2. The van der Waals surface area contributed by atoms with Gasteiger partial charge >= 0.3 is 5.97 Å². The van der Waals surface area contributed by atoms with Crippen molar-refractivity contribution in [1.29, 1.82) is 0 Å². The van der Waals surface area contributed by atoms with Gasteiger partial charge in [-0.05, 0) is 57.3 Å². The summed E-state index contributed by atoms with van der Waals surface area (Å²) in [5.41, 5.74) is 0.150. The maximum atomic E-state index is 13.0. The van der Waals surface area contributed by atoms with E-state index in [4.69, 9.17) is 14.6 Å². The average molecular weight is 556 g/mol. The van der Waals surface area contributed by atoms with Gasteiger partial charge in [0.2, 0.25) is 21.8 Å². The van der Waals surface area contributed by atoms with Crippen molar-refractivity contribution < 1.29 is 32.6 Å². The van der Waals surface area contributed by atoms with Gasteiger partial charge in [0.15, 0.2) is 0 Å². The molecule has 13 heteroatoms. The number of piperazine rings is 1. The molecule has 2 N–H and O–H groups in total. The monoisotopic (exact) mass is 555 g/mol. The first-order valence-electron chi connectivity index (χ1n) is 12.2. The highest BCUT2D eigenvalue weighted by Crippen LogP contribution is 2.27. The number of anilines is 1. The molecule has 3 aromatic rings. The molecule has 0 spiro atoms. The number of carbonyl (C=O) groups is 2. The molecule has 1 aliphatic rings. The molecule has 1 aromatic carbocycles. The van der Waals surface area contributed by atoms with E-state index in [0.717, 1.165) is 6.20 Å². The predicted octanol–water partition coefficient (Wildman–Crippen LogP) is 2.94. The maximum Gasteiger partial charge on any atom is 0.337 e. The number of hydrogen-bond acceptors (Lipinski definition) is 9. The van der Waals surface area contributed by atoms with Gasteiger partial charge in [-0.3, -0.25) is 4.79 Å². The van der Waals surface area contributed by atoms with Crippen molar-refractivity contribution in [2.45, 2.75) is 24.8 Å². The minimum atomic E-state index is -3.63. The Morgan fingerprint density at radius 1 is 0.974 bits per heavy atom. The fourth-order valence-corrected chi connectivity index (χ4v) is 5.15. The van der Waals surface area contributed by atoms with Crippen molar-refractivity contribution in [3.8, 4) is 17.5 Å². The number of carboxylic acid groups (broad SMARTS) is 1. The standard InChI is InChI=1S/C26H29N5O7S/c1-17(2)37-23-14-19(25(32)28-22-9-4-18(16-27-22)26(33)34)15-24(29-23)38-20-5-7-21(8-6-20)39(35,36)31-12-10-30(3)11-13-31/h4-9,14-17H,10-13H2,1-3H3,(H,33,34)(H,27,28,32). The van der Waals surface area contributed by atoms with Crippen LogP contribution < -0.4 is 14.8 Å². The van der Waals surface area contributed by atoms with Crippen molar-refractivity contribution in [1.82, 2.24) is 19.2 Å². The van der Waals surface area contributed by atoms with Gasteiger partial charge < -0.3 is 24.8 Å². The fourth-order valence-electron chi connectivity index (χ4n) is 3.73. The number of rotatable bonds is 9. The zero-order valence-corrected chi connectivity index (χ0v) is 22.5. The lowest BCUT2D eigenvalue weighted by molar-refractivity contribution is 0.0696. The van der Waals surface area contributed by atoms with Crippen molar-refractivity contribution in [2.75, 3.05) is 38.5 Å². The Labute approximate surface area is 226 Å². The third-order valence-electron chi connectivity index (χ3n) is 5.80. The van der Waals surface area contributed by atoms with Crippen LogP contribution in [0.5, 0.6) is 17.5 Å². The Morgan fingerprint density at radius 2 is 1.64 bits per heavy atom. The molecule has 4 rings (SSSR count). The number of carboxylic acids is 1. The molecule has 0 unspecified atom stereocenters. The van der Waals surface area contributed by atoms with Crippen molar-refractivity contribution in [3.05, 3.63) is 65.9 Å². The molecule has 0 radical (unpaired) electrons. The summed E-state index contributed by atoms with van der Waals surface area (Å²) in [6, 6.07) is 11.5. The summed E-state index contributed by atoms with van der Waals surface area (Å²) < 4.78 is 39.0. The lowest BCUT2D eigenvalue weighted by Gasteiger charge is -2.31. The second-order valence-corrected chi connectivity index (χ2v) is 11.1. The topological polar surface area (TPSA) is 151 Å². The number of hydrogen-bond donors (Lipinski definition) is 2. The van der Waals surface area contributed by atoms with Crippen LogP contribution in [0.15, 0.2) is 59.6 Å². The Hall–Kier alpha value is -4.07. The van der Waals surface area contributed by atoms with Gasteiger partial charge in [-0.15, -0.1) is 0 Å². The maximum absolute atomic E-state index is 13.0. The number of nitrogens with one attached hydrogen (secondary N) is 1. The quantitative estimate of drug-likeness (QED) is 0.403. The molecule has 0 atom stereocenters. The van der Waals surface area contributed by atoms with Crippen LogP contribution in [-0.4, -0.2) is 83.9 Å². The summed E-state index contributed by atoms with van der Waals surface area (Å²) in [7, 11) is -1.67. The number of benzene rings is 1. The molecule has 1 saturated heterocycles. The minimum absolute atomic E-state index is 0.0115. The molecule has 206 valence electrons. The zero-order valence-electron chi connectivity index (χ0n) is 21.7. The number of sulfonamides is 1. The van der Waals surface area contributed by atoms with E-state index >= 15 is 0 Å². The molecular weight excluding hydrogens is 526 g/mol. The average Bonchev–Trinajstić information content (AvgIpc) is 2.89. The van der Waals surface area contributed by atoms with Crippen LogP contribution >= 0.6 is 0 Å². The molecular formula is C26H29N5O7S. The van der Waals surface area contributed by atoms with E-state index in [1.54, 1.807) is 0 Å². The van der Waals surface area contributed by atoms with Crippen molar-refractivity contribution in [3.63, 3.8) is 0 Å². The third kappa shape index (κ3) is 7.07. The summed E-state index contributed by atoms with van der Waals surface area (Å²) in [4.78, 5) is 34.4. The summed E-state index contributed by atoms with van der Waals surface area (Å²) in [5, 5.41) is 11.6. The fraction of sp³-hybridized carbons (Fsp3) is 0.308. The molecule has 1 amide bonds. The van der Waals surface area contributed by atoms with E-state index in [1.807, 2.05) is 20.9 Å². The second kappa shape index (κ2) is 11.8. The van der Waals surface area contributed by atoms with Crippen LogP contribution in [0.1, 0.15) is 34.6 Å². The van der Waals surface area contributed by atoms with E-state index < -0.39 is 21.9 Å². The van der Waals surface area contributed by atoms with Gasteiger partial charge in [0.05, 0.1) is 22.1 Å². The first kappa shape index (κ1) is 28.0. The Morgan fingerprint density at radius 3 is 2.23 bits per heavy atom. The number of ether oxygens (including phenoxy) is 2. The second-order valence-electron chi connectivity index (χ2n) is 9.17. The first-order chi connectivity index (χ1) is 18.5. The van der Waals surface area contributed by atoms with Crippen molar-refractivity contribution >= 4 is 27.7 Å². The number of carbonyl (C=O) groups excluding carboxylic acids is 1. The third-order valence-corrected chi connectivity index (χ3v) is 7.71. The highest BCUT2D eigenvalue weighted by Gasteiger charge is 2.27. The highest BCUT2D eigenvalue weighted by atomic mass is 32.2. The lowest BCUT2D eigenvalue weighted by atomic mass is 10.2. The largest absolute Gasteiger partial charge is 0.478 e. The summed E-state index contributed by atoms with van der Waals surface area (Å²) in [6.45, 7) is 5.80. The summed E-state index contributed by atoms with van der Waals surface area (Å²) >= 11 is 0. The van der Waals surface area contributed by atoms with Crippen molar-refractivity contribution in [2.24, 2.45) is 0 Å². The normalized spacial score (nSPS) is 14.7. The molecule has 2 aromatic heterocycles. The molecule has 0 bridgehead atoms. The number of amides is 1. The van der Waals surface area contributed by atoms with E-state index in [9.17, 15) is 18.0 Å². The van der Waals surface area contributed by atoms with Gasteiger partial charge in [0, 0.05) is 44.5 Å². The summed E-state index contributed by atoms with van der Waals surface area (Å²) in [6.07, 6.45) is 0.910. The molecule has 1 aliphatic heterocycles. The molecule has 0 aliphatic carbocycles. The van der Waals surface area contributed by atoms with Crippen LogP contribution in [0.25, 0.3) is 0 Å². The smallest absolute Gasteiger partial charge is 0.337 e. The van der Waals surface area contributed by atoms with Crippen LogP contribution in [0.3, 0.4) is 0 Å². The lowest BCUT2D eigenvalue weighted by Crippen LogP contribution is -2.46. The molecule has 39 heavy (non-hydrogen) atoms.